The molecule has 1 heterocycles. The Morgan fingerprint density at radius 1 is 1.19 bits per heavy atom. The van der Waals surface area contributed by atoms with Crippen molar-refractivity contribution in [2.75, 3.05) is 11.6 Å². The third kappa shape index (κ3) is 5.21. The summed E-state index contributed by atoms with van der Waals surface area (Å²) >= 11 is 0. The van der Waals surface area contributed by atoms with Crippen LogP contribution in [0.25, 0.3) is 0 Å². The number of halogens is 1. The van der Waals surface area contributed by atoms with Crippen molar-refractivity contribution in [2.45, 2.75) is 69.9 Å². The van der Waals surface area contributed by atoms with Crippen LogP contribution in [-0.4, -0.2) is 41.6 Å². The highest BCUT2D eigenvalue weighted by molar-refractivity contribution is 6.40. The number of hydrogen-bond acceptors (Lipinski definition) is 5. The summed E-state index contributed by atoms with van der Waals surface area (Å²) in [6, 6.07) is 4.59. The van der Waals surface area contributed by atoms with Crippen molar-refractivity contribution in [1.29, 1.82) is 0 Å². The molecule has 0 spiro atoms. The zero-order chi connectivity index (χ0) is 22.4. The first kappa shape index (κ1) is 22.7. The number of unbranched alkanes of at least 4 members (excludes halogenated alkanes) is 1. The molecule has 0 saturated heterocycles. The first-order valence-corrected chi connectivity index (χ1v) is 10.9. The van der Waals surface area contributed by atoms with E-state index in [4.69, 9.17) is 5.73 Å². The molecule has 1 saturated carbocycles. The van der Waals surface area contributed by atoms with E-state index in [9.17, 15) is 18.8 Å². The van der Waals surface area contributed by atoms with Crippen LogP contribution in [0, 0.1) is 5.82 Å². The Morgan fingerprint density at radius 3 is 2.48 bits per heavy atom. The smallest absolute Gasteiger partial charge is 0.268 e. The van der Waals surface area contributed by atoms with Crippen molar-refractivity contribution in [1.82, 2.24) is 10.6 Å². The Bertz CT molecular complexity index is 849. The molecule has 0 aromatic heterocycles. The van der Waals surface area contributed by atoms with E-state index in [2.05, 4.69) is 15.7 Å². The highest BCUT2D eigenvalue weighted by atomic mass is 19.1. The van der Waals surface area contributed by atoms with Gasteiger partial charge in [-0.15, -0.1) is 0 Å². The second-order valence-electron chi connectivity index (χ2n) is 8.20. The monoisotopic (exact) mass is 431 g/mol. The molecule has 4 N–H and O–H groups in total. The molecule has 1 aliphatic heterocycles. The first-order chi connectivity index (χ1) is 14.9. The fourth-order valence-corrected chi connectivity index (χ4v) is 4.10. The normalized spacial score (nSPS) is 20.1. The van der Waals surface area contributed by atoms with E-state index in [-0.39, 0.29) is 18.0 Å². The fourth-order valence-electron chi connectivity index (χ4n) is 4.10. The SMILES string of the molecule is CCCCNC(=O)C1(NC(=O)C2=NN(c3ccc(F)cc3)C(C(N)=O)C2)CCCCC1. The number of rotatable bonds is 8. The number of nitrogens with two attached hydrogens (primary N) is 1. The summed E-state index contributed by atoms with van der Waals surface area (Å²) in [7, 11) is 0. The van der Waals surface area contributed by atoms with Crippen molar-refractivity contribution < 1.29 is 18.8 Å². The maximum Gasteiger partial charge on any atom is 0.268 e. The van der Waals surface area contributed by atoms with Crippen LogP contribution in [0.4, 0.5) is 10.1 Å². The van der Waals surface area contributed by atoms with Crippen LogP contribution in [0.3, 0.4) is 0 Å². The van der Waals surface area contributed by atoms with Gasteiger partial charge in [0, 0.05) is 13.0 Å². The average molecular weight is 432 g/mol. The first-order valence-electron chi connectivity index (χ1n) is 10.9. The zero-order valence-electron chi connectivity index (χ0n) is 17.8. The van der Waals surface area contributed by atoms with Gasteiger partial charge >= 0.3 is 0 Å². The van der Waals surface area contributed by atoms with Crippen molar-refractivity contribution in [2.24, 2.45) is 10.8 Å². The molecule has 3 amide bonds. The number of hydrogen-bond donors (Lipinski definition) is 3. The second-order valence-corrected chi connectivity index (χ2v) is 8.20. The van der Waals surface area contributed by atoms with Gasteiger partial charge in [-0.2, -0.15) is 5.10 Å². The topological polar surface area (TPSA) is 117 Å². The van der Waals surface area contributed by atoms with Gasteiger partial charge in [0.05, 0.1) is 5.69 Å². The number of amides is 3. The second kappa shape index (κ2) is 9.89. The van der Waals surface area contributed by atoms with E-state index < -0.39 is 29.2 Å². The maximum absolute atomic E-state index is 13.3. The number of primary amides is 1. The minimum atomic E-state index is -0.975. The summed E-state index contributed by atoms with van der Waals surface area (Å²) < 4.78 is 13.3. The van der Waals surface area contributed by atoms with Crippen LogP contribution in [0.5, 0.6) is 0 Å². The molecule has 2 aliphatic rings. The lowest BCUT2D eigenvalue weighted by atomic mass is 9.80. The van der Waals surface area contributed by atoms with Crippen molar-refractivity contribution in [3.05, 3.63) is 30.1 Å². The molecule has 168 valence electrons. The number of carbonyl (C=O) groups is 3. The van der Waals surface area contributed by atoms with Gasteiger partial charge in [-0.1, -0.05) is 32.6 Å². The van der Waals surface area contributed by atoms with Crippen LogP contribution in [0.15, 0.2) is 29.4 Å². The number of anilines is 1. The lowest BCUT2D eigenvalue weighted by molar-refractivity contribution is -0.133. The van der Waals surface area contributed by atoms with Gasteiger partial charge in [-0.25, -0.2) is 4.39 Å². The fraction of sp³-hybridized carbons (Fsp3) is 0.545. The standard InChI is InChI=1S/C22H30FN5O3/c1-2-3-13-25-21(31)22(11-5-4-6-12-22)26-20(30)17-14-18(19(24)29)28(27-17)16-9-7-15(23)8-10-16/h7-10,18H,2-6,11-14H2,1H3,(H2,24,29)(H,25,31)(H,26,30). The van der Waals surface area contributed by atoms with Crippen LogP contribution in [0.2, 0.25) is 0 Å². The summed E-state index contributed by atoms with van der Waals surface area (Å²) in [5.74, 6) is -1.72. The molecule has 9 heteroatoms. The summed E-state index contributed by atoms with van der Waals surface area (Å²) in [6.45, 7) is 2.61. The average Bonchev–Trinajstić information content (AvgIpc) is 3.21. The van der Waals surface area contributed by atoms with E-state index in [0.717, 1.165) is 32.1 Å². The summed E-state index contributed by atoms with van der Waals surface area (Å²) in [5, 5.41) is 11.5. The predicted octanol–water partition coefficient (Wildman–Crippen LogP) is 1.98. The number of nitrogens with zero attached hydrogens (tertiary/aromatic N) is 2. The molecule has 8 nitrogen and oxygen atoms in total. The molecule has 0 bridgehead atoms. The van der Waals surface area contributed by atoms with Gasteiger partial charge in [-0.3, -0.25) is 19.4 Å². The van der Waals surface area contributed by atoms with Gasteiger partial charge in [0.25, 0.3) is 5.91 Å². The Labute approximate surface area is 181 Å². The molecule has 1 aromatic carbocycles. The summed E-state index contributed by atoms with van der Waals surface area (Å²) in [5.41, 5.74) is 5.13. The number of benzene rings is 1. The van der Waals surface area contributed by atoms with Gasteiger partial charge < -0.3 is 16.4 Å². The Kier molecular flexibility index (Phi) is 7.25. The largest absolute Gasteiger partial charge is 0.368 e. The van der Waals surface area contributed by atoms with Gasteiger partial charge in [0.2, 0.25) is 11.8 Å². The third-order valence-electron chi connectivity index (χ3n) is 5.90. The minimum Gasteiger partial charge on any atom is -0.368 e. The minimum absolute atomic E-state index is 0.0199. The number of hydrazone groups is 1. The zero-order valence-corrected chi connectivity index (χ0v) is 17.8. The summed E-state index contributed by atoms with van der Waals surface area (Å²) in [4.78, 5) is 38.0. The van der Waals surface area contributed by atoms with Crippen molar-refractivity contribution in [3.8, 4) is 0 Å². The maximum atomic E-state index is 13.3. The van der Waals surface area contributed by atoms with Crippen LogP contribution in [0.1, 0.15) is 58.3 Å². The Balaban J connectivity index is 1.79. The molecule has 1 unspecified atom stereocenters. The van der Waals surface area contributed by atoms with E-state index >= 15 is 0 Å². The molecule has 0 radical (unpaired) electrons. The molecule has 1 fully saturated rings. The van der Waals surface area contributed by atoms with E-state index in [1.807, 2.05) is 6.92 Å². The molecule has 1 aliphatic carbocycles. The molecule has 3 rings (SSSR count). The van der Waals surface area contributed by atoms with E-state index in [1.54, 1.807) is 0 Å². The van der Waals surface area contributed by atoms with E-state index in [1.165, 1.54) is 29.3 Å². The van der Waals surface area contributed by atoms with Crippen LogP contribution >= 0.6 is 0 Å². The van der Waals surface area contributed by atoms with Gasteiger partial charge in [0.1, 0.15) is 23.1 Å². The Morgan fingerprint density at radius 2 is 1.87 bits per heavy atom. The lowest BCUT2D eigenvalue weighted by Gasteiger charge is -2.36. The lowest BCUT2D eigenvalue weighted by Crippen LogP contribution is -2.61. The highest BCUT2D eigenvalue weighted by Crippen LogP contribution is 2.30. The molecular weight excluding hydrogens is 401 g/mol. The van der Waals surface area contributed by atoms with Crippen LogP contribution in [-0.2, 0) is 14.4 Å². The molecule has 31 heavy (non-hydrogen) atoms. The predicted molar refractivity (Wildman–Crippen MR) is 116 cm³/mol. The van der Waals surface area contributed by atoms with Crippen LogP contribution < -0.4 is 21.4 Å². The molecule has 1 atom stereocenters. The van der Waals surface area contributed by atoms with Crippen molar-refractivity contribution in [3.63, 3.8) is 0 Å². The number of carbonyl (C=O) groups excluding carboxylic acids is 3. The summed E-state index contributed by atoms with van der Waals surface area (Å²) in [6.07, 6.45) is 5.68. The third-order valence-corrected chi connectivity index (χ3v) is 5.90. The quantitative estimate of drug-likeness (QED) is 0.546. The van der Waals surface area contributed by atoms with Gasteiger partial charge in [0.15, 0.2) is 0 Å². The Hall–Kier alpha value is -2.97. The molecule has 1 aromatic rings. The van der Waals surface area contributed by atoms with E-state index in [0.29, 0.717) is 25.1 Å². The highest BCUT2D eigenvalue weighted by Gasteiger charge is 2.43. The van der Waals surface area contributed by atoms with Crippen molar-refractivity contribution >= 4 is 29.1 Å². The van der Waals surface area contributed by atoms with Gasteiger partial charge in [-0.05, 0) is 43.5 Å². The molecular formula is C22H30FN5O3. The number of nitrogens with one attached hydrogen (secondary N) is 2.